The normalized spacial score (nSPS) is 11.3. The molecule has 0 unspecified atom stereocenters. The maximum atomic E-state index is 9.86. The van der Waals surface area contributed by atoms with Gasteiger partial charge in [0.15, 0.2) is 11.5 Å². The first kappa shape index (κ1) is 35.0. The number of hydrogen-bond acceptors (Lipinski definition) is 4. The average Bonchev–Trinajstić information content (AvgIpc) is 3.87. The van der Waals surface area contributed by atoms with Crippen molar-refractivity contribution in [3.8, 4) is 67.9 Å². The van der Waals surface area contributed by atoms with Gasteiger partial charge in [-0.15, -0.1) is 11.3 Å². The van der Waals surface area contributed by atoms with E-state index in [1.165, 1.54) is 30.9 Å². The van der Waals surface area contributed by atoms with Crippen LogP contribution in [0.3, 0.4) is 0 Å². The number of aromatic nitrogens is 3. The Labute approximate surface area is 350 Å². The minimum absolute atomic E-state index is 0.569. The molecule has 0 fully saturated rings. The van der Waals surface area contributed by atoms with Crippen molar-refractivity contribution in [3.63, 3.8) is 0 Å². The summed E-state index contributed by atoms with van der Waals surface area (Å²) in [6, 6.07) is 66.7. The molecule has 8 aromatic carbocycles. The molecule has 6 heteroatoms. The van der Waals surface area contributed by atoms with E-state index in [2.05, 4.69) is 119 Å². The van der Waals surface area contributed by atoms with Gasteiger partial charge in [-0.2, -0.15) is 5.26 Å². The van der Waals surface area contributed by atoms with E-state index in [0.29, 0.717) is 17.1 Å². The third-order valence-corrected chi connectivity index (χ3v) is 12.5. The molecule has 60 heavy (non-hydrogen) atoms. The first-order valence-corrected chi connectivity index (χ1v) is 20.5. The average molecular weight is 782 g/mol. The lowest BCUT2D eigenvalue weighted by molar-refractivity contribution is 1.17. The summed E-state index contributed by atoms with van der Waals surface area (Å²) >= 11 is 1.83. The standard InChI is InChI=1S/C54H31N5S/c1-56-40-26-24-36(25-27-40)45-31-39(54-57-46(37-12-4-2-5-13-37)32-47(58-54)38-14-6-3-7-15-38)30-44(35-22-20-34(33-55)21-23-35)52(45)59-48-18-10-8-17-43(48)51-49(59)29-28-42-41-16-9-11-19-50(41)60-53(42)51/h2-32H. The van der Waals surface area contributed by atoms with Crippen LogP contribution in [0.25, 0.3) is 109 Å². The first-order chi connectivity index (χ1) is 29.6. The second-order valence-electron chi connectivity index (χ2n) is 14.7. The fourth-order valence-electron chi connectivity index (χ4n) is 8.45. The number of hydrogen-bond donors (Lipinski definition) is 0. The second-order valence-corrected chi connectivity index (χ2v) is 15.8. The molecule has 0 N–H and O–H groups in total. The van der Waals surface area contributed by atoms with E-state index in [1.807, 2.05) is 96.3 Å². The molecule has 0 spiro atoms. The monoisotopic (exact) mass is 781 g/mol. The van der Waals surface area contributed by atoms with Gasteiger partial charge in [-0.1, -0.05) is 140 Å². The highest BCUT2D eigenvalue weighted by Gasteiger charge is 2.24. The molecule has 0 atom stereocenters. The predicted molar refractivity (Wildman–Crippen MR) is 247 cm³/mol. The van der Waals surface area contributed by atoms with Crippen LogP contribution in [0.1, 0.15) is 5.56 Å². The summed E-state index contributed by atoms with van der Waals surface area (Å²) < 4.78 is 4.91. The van der Waals surface area contributed by atoms with Crippen LogP contribution in [-0.2, 0) is 0 Å². The van der Waals surface area contributed by atoms with Crippen molar-refractivity contribution in [2.45, 2.75) is 0 Å². The van der Waals surface area contributed by atoms with Crippen LogP contribution in [0, 0.1) is 17.9 Å². The van der Waals surface area contributed by atoms with Crippen molar-refractivity contribution >= 4 is 59.0 Å². The molecule has 0 aliphatic heterocycles. The lowest BCUT2D eigenvalue weighted by Crippen LogP contribution is -2.03. The molecule has 0 bridgehead atoms. The van der Waals surface area contributed by atoms with Crippen molar-refractivity contribution in [3.05, 3.63) is 205 Å². The summed E-state index contributed by atoms with van der Waals surface area (Å²) in [4.78, 5) is 14.3. The molecule has 5 nitrogen and oxygen atoms in total. The number of benzene rings is 8. The smallest absolute Gasteiger partial charge is 0.187 e. The Kier molecular flexibility index (Phi) is 8.37. The molecule has 3 heterocycles. The zero-order valence-corrected chi connectivity index (χ0v) is 32.9. The summed E-state index contributed by atoms with van der Waals surface area (Å²) in [5, 5.41) is 14.7. The number of para-hydroxylation sites is 1. The Morgan fingerprint density at radius 3 is 1.73 bits per heavy atom. The Morgan fingerprint density at radius 2 is 1.10 bits per heavy atom. The van der Waals surface area contributed by atoms with E-state index in [1.54, 1.807) is 0 Å². The molecule has 0 aliphatic rings. The van der Waals surface area contributed by atoms with Gasteiger partial charge >= 0.3 is 0 Å². The van der Waals surface area contributed by atoms with Gasteiger partial charge in [-0.05, 0) is 59.7 Å². The summed E-state index contributed by atoms with van der Waals surface area (Å²) in [6.07, 6.45) is 0. The largest absolute Gasteiger partial charge is 0.308 e. The number of rotatable bonds is 6. The van der Waals surface area contributed by atoms with Crippen LogP contribution in [0.15, 0.2) is 188 Å². The van der Waals surface area contributed by atoms with E-state index in [9.17, 15) is 5.26 Å². The second kappa shape index (κ2) is 14.3. The summed E-state index contributed by atoms with van der Waals surface area (Å²) in [6.45, 7) is 7.75. The molecule has 278 valence electrons. The highest BCUT2D eigenvalue weighted by molar-refractivity contribution is 7.26. The molecule has 11 rings (SSSR count). The van der Waals surface area contributed by atoms with Gasteiger partial charge in [0.05, 0.1) is 46.3 Å². The van der Waals surface area contributed by atoms with Crippen molar-refractivity contribution < 1.29 is 0 Å². The molecule has 0 saturated carbocycles. The van der Waals surface area contributed by atoms with E-state index in [-0.39, 0.29) is 0 Å². The quantitative estimate of drug-likeness (QED) is 0.158. The number of nitriles is 1. The van der Waals surface area contributed by atoms with Crippen LogP contribution in [0.5, 0.6) is 0 Å². The minimum Gasteiger partial charge on any atom is -0.308 e. The molecular formula is C54H31N5S. The Balaban J connectivity index is 1.28. The van der Waals surface area contributed by atoms with Crippen LogP contribution >= 0.6 is 11.3 Å². The Hall–Kier alpha value is -8.16. The molecule has 0 radical (unpaired) electrons. The van der Waals surface area contributed by atoms with Gasteiger partial charge in [-0.25, -0.2) is 14.8 Å². The topological polar surface area (TPSA) is 58.9 Å². The lowest BCUT2D eigenvalue weighted by Gasteiger charge is -2.21. The maximum absolute atomic E-state index is 9.86. The van der Waals surface area contributed by atoms with Crippen molar-refractivity contribution in [1.29, 1.82) is 5.26 Å². The van der Waals surface area contributed by atoms with E-state index in [0.717, 1.165) is 67.1 Å². The van der Waals surface area contributed by atoms with Crippen LogP contribution in [-0.4, -0.2) is 14.5 Å². The predicted octanol–water partition coefficient (Wildman–Crippen LogP) is 14.7. The summed E-state index contributed by atoms with van der Waals surface area (Å²) in [5.74, 6) is 0.588. The number of nitrogens with zero attached hydrogens (tertiary/aromatic N) is 5. The van der Waals surface area contributed by atoms with Crippen LogP contribution < -0.4 is 0 Å². The zero-order chi connectivity index (χ0) is 40.2. The molecule has 11 aromatic rings. The van der Waals surface area contributed by atoms with Gasteiger partial charge in [0, 0.05) is 58.8 Å². The van der Waals surface area contributed by atoms with Crippen molar-refractivity contribution in [1.82, 2.24) is 14.5 Å². The zero-order valence-electron chi connectivity index (χ0n) is 32.0. The van der Waals surface area contributed by atoms with Crippen molar-refractivity contribution in [2.75, 3.05) is 0 Å². The highest BCUT2D eigenvalue weighted by Crippen LogP contribution is 2.47. The number of fused-ring (bicyclic) bond motifs is 7. The van der Waals surface area contributed by atoms with E-state index in [4.69, 9.17) is 16.5 Å². The fraction of sp³-hybridized carbons (Fsp3) is 0. The van der Waals surface area contributed by atoms with E-state index < -0.39 is 0 Å². The van der Waals surface area contributed by atoms with Gasteiger partial charge in [0.25, 0.3) is 0 Å². The van der Waals surface area contributed by atoms with Gasteiger partial charge < -0.3 is 4.57 Å². The molecule has 0 saturated heterocycles. The summed E-state index contributed by atoms with van der Waals surface area (Å²) in [5.41, 5.74) is 12.6. The first-order valence-electron chi connectivity index (χ1n) is 19.7. The SMILES string of the molecule is [C-]#[N+]c1ccc(-c2cc(-c3nc(-c4ccccc4)cc(-c4ccccc4)n3)cc(-c3ccc(C#N)cc3)c2-n2c3ccccc3c3c4sc5ccccc5c4ccc32)cc1. The highest BCUT2D eigenvalue weighted by atomic mass is 32.1. The molecule has 3 aromatic heterocycles. The van der Waals surface area contributed by atoms with E-state index >= 15 is 0 Å². The Morgan fingerprint density at radius 1 is 0.517 bits per heavy atom. The van der Waals surface area contributed by atoms with Crippen LogP contribution in [0.2, 0.25) is 0 Å². The Bertz CT molecular complexity index is 3400. The van der Waals surface area contributed by atoms with Crippen molar-refractivity contribution in [2.24, 2.45) is 0 Å². The number of thiophene rings is 1. The van der Waals surface area contributed by atoms with Gasteiger partial charge in [0.1, 0.15) is 0 Å². The maximum Gasteiger partial charge on any atom is 0.187 e. The van der Waals surface area contributed by atoms with Gasteiger partial charge in [-0.3, -0.25) is 0 Å². The third kappa shape index (κ3) is 5.83. The van der Waals surface area contributed by atoms with Crippen LogP contribution in [0.4, 0.5) is 5.69 Å². The molecule has 0 amide bonds. The molecular weight excluding hydrogens is 751 g/mol. The van der Waals surface area contributed by atoms with Gasteiger partial charge in [0.2, 0.25) is 0 Å². The molecule has 0 aliphatic carbocycles. The minimum atomic E-state index is 0.569. The fourth-order valence-corrected chi connectivity index (χ4v) is 9.71. The lowest BCUT2D eigenvalue weighted by atomic mass is 9.92. The summed E-state index contributed by atoms with van der Waals surface area (Å²) in [7, 11) is 0. The third-order valence-electron chi connectivity index (χ3n) is 11.3.